The first-order valence-electron chi connectivity index (χ1n) is 9.83. The molecule has 170 valence electrons. The largest absolute Gasteiger partial charge is 0.322 e. The molecule has 3 aromatic carbocycles. The number of nitro groups is 1. The summed E-state index contributed by atoms with van der Waals surface area (Å²) in [5, 5.41) is 13.7. The molecule has 4 rings (SSSR count). The second-order valence-corrected chi connectivity index (χ2v) is 9.62. The number of nitrogens with one attached hydrogen (secondary N) is 1. The van der Waals surface area contributed by atoms with Crippen molar-refractivity contribution in [3.05, 3.63) is 92.7 Å². The summed E-state index contributed by atoms with van der Waals surface area (Å²) in [6.45, 7) is 0.223. The van der Waals surface area contributed by atoms with Crippen molar-refractivity contribution in [1.29, 1.82) is 0 Å². The van der Waals surface area contributed by atoms with Gasteiger partial charge >= 0.3 is 0 Å². The van der Waals surface area contributed by atoms with Crippen LogP contribution in [0, 0.1) is 15.9 Å². The Morgan fingerprint density at radius 2 is 1.82 bits per heavy atom. The molecule has 1 heterocycles. The van der Waals surface area contributed by atoms with Crippen LogP contribution < -0.4 is 9.62 Å². The number of anilines is 2. The zero-order chi connectivity index (χ0) is 23.8. The zero-order valence-electron chi connectivity index (χ0n) is 17.0. The molecule has 0 atom stereocenters. The topological polar surface area (TPSA) is 110 Å². The van der Waals surface area contributed by atoms with Crippen molar-refractivity contribution < 1.29 is 22.5 Å². The van der Waals surface area contributed by atoms with Crippen LogP contribution in [0.5, 0.6) is 0 Å². The Morgan fingerprint density at radius 3 is 2.52 bits per heavy atom. The van der Waals surface area contributed by atoms with Crippen LogP contribution >= 0.6 is 11.6 Å². The number of non-ortho nitro benzene ring substituents is 1. The van der Waals surface area contributed by atoms with Crippen LogP contribution in [0.3, 0.4) is 0 Å². The third-order valence-corrected chi connectivity index (χ3v) is 7.38. The molecule has 0 saturated heterocycles. The van der Waals surface area contributed by atoms with Crippen molar-refractivity contribution in [3.63, 3.8) is 0 Å². The molecule has 33 heavy (non-hydrogen) atoms. The van der Waals surface area contributed by atoms with Gasteiger partial charge in [-0.2, -0.15) is 0 Å². The second kappa shape index (κ2) is 8.80. The van der Waals surface area contributed by atoms with Crippen LogP contribution in [0.4, 0.5) is 21.5 Å². The van der Waals surface area contributed by atoms with Gasteiger partial charge in [0.1, 0.15) is 5.82 Å². The van der Waals surface area contributed by atoms with Gasteiger partial charge in [0, 0.05) is 24.4 Å². The number of nitrogens with zero attached hydrogens (tertiary/aromatic N) is 2. The molecule has 0 radical (unpaired) electrons. The Morgan fingerprint density at radius 1 is 1.09 bits per heavy atom. The number of hydrogen-bond donors (Lipinski definition) is 1. The lowest BCUT2D eigenvalue weighted by Gasteiger charge is -2.31. The Bertz CT molecular complexity index is 1360. The molecule has 8 nitrogen and oxygen atoms in total. The highest BCUT2D eigenvalue weighted by Gasteiger charge is 2.29. The van der Waals surface area contributed by atoms with E-state index < -0.39 is 26.7 Å². The van der Waals surface area contributed by atoms with Crippen molar-refractivity contribution in [2.24, 2.45) is 0 Å². The SMILES string of the molecule is O=C(Nc1ccc2c(c1)N(S(=O)(=O)c1ccc(F)cc1)CCC2)c1cc([N+](=O)[O-])ccc1Cl. The molecule has 11 heteroatoms. The number of halogens is 2. The van der Waals surface area contributed by atoms with Gasteiger partial charge in [-0.25, -0.2) is 12.8 Å². The Kier molecular flexibility index (Phi) is 6.05. The zero-order valence-corrected chi connectivity index (χ0v) is 18.6. The third kappa shape index (κ3) is 4.53. The van der Waals surface area contributed by atoms with Crippen LogP contribution in [0.25, 0.3) is 0 Å². The highest BCUT2D eigenvalue weighted by atomic mass is 35.5. The smallest absolute Gasteiger partial charge is 0.270 e. The van der Waals surface area contributed by atoms with Gasteiger partial charge in [-0.05, 0) is 60.9 Å². The number of amides is 1. The maximum atomic E-state index is 13.3. The van der Waals surface area contributed by atoms with E-state index in [9.17, 15) is 27.7 Å². The number of sulfonamides is 1. The minimum absolute atomic E-state index is 0.0385. The monoisotopic (exact) mass is 489 g/mol. The molecule has 0 spiro atoms. The first-order chi connectivity index (χ1) is 15.7. The molecule has 0 unspecified atom stereocenters. The Labute approximate surface area is 193 Å². The highest BCUT2D eigenvalue weighted by molar-refractivity contribution is 7.92. The maximum Gasteiger partial charge on any atom is 0.270 e. The van der Waals surface area contributed by atoms with Crippen molar-refractivity contribution in [2.45, 2.75) is 17.7 Å². The minimum atomic E-state index is -3.95. The molecule has 0 aliphatic carbocycles. The van der Waals surface area contributed by atoms with E-state index in [-0.39, 0.29) is 27.7 Å². The van der Waals surface area contributed by atoms with Gasteiger partial charge in [-0.15, -0.1) is 0 Å². The fraction of sp³-hybridized carbons (Fsp3) is 0.136. The number of carbonyl (C=O) groups excluding carboxylic acids is 1. The van der Waals surface area contributed by atoms with Gasteiger partial charge in [0.15, 0.2) is 0 Å². The van der Waals surface area contributed by atoms with Gasteiger partial charge in [0.25, 0.3) is 21.6 Å². The van der Waals surface area contributed by atoms with Crippen LogP contribution in [-0.4, -0.2) is 25.8 Å². The molecule has 1 aliphatic heterocycles. The lowest BCUT2D eigenvalue weighted by atomic mass is 10.0. The summed E-state index contributed by atoms with van der Waals surface area (Å²) in [6, 6.07) is 13.0. The minimum Gasteiger partial charge on any atom is -0.322 e. The summed E-state index contributed by atoms with van der Waals surface area (Å²) >= 11 is 6.04. The lowest BCUT2D eigenvalue weighted by Crippen LogP contribution is -2.35. The summed E-state index contributed by atoms with van der Waals surface area (Å²) in [7, 11) is -3.95. The van der Waals surface area contributed by atoms with E-state index in [2.05, 4.69) is 5.32 Å². The molecule has 1 aliphatic rings. The van der Waals surface area contributed by atoms with Crippen molar-refractivity contribution in [3.8, 4) is 0 Å². The van der Waals surface area contributed by atoms with E-state index in [0.29, 0.717) is 24.2 Å². The molecular formula is C22H17ClFN3O5S. The first-order valence-corrected chi connectivity index (χ1v) is 11.6. The van der Waals surface area contributed by atoms with Crippen LogP contribution in [-0.2, 0) is 16.4 Å². The second-order valence-electron chi connectivity index (χ2n) is 7.35. The van der Waals surface area contributed by atoms with E-state index in [1.54, 1.807) is 12.1 Å². The molecule has 1 N–H and O–H groups in total. The average Bonchev–Trinajstić information content (AvgIpc) is 2.79. The Hall–Kier alpha value is -3.50. The van der Waals surface area contributed by atoms with E-state index in [1.165, 1.54) is 34.6 Å². The average molecular weight is 490 g/mol. The molecule has 1 amide bonds. The number of benzene rings is 3. The van der Waals surface area contributed by atoms with Crippen LogP contribution in [0.2, 0.25) is 5.02 Å². The summed E-state index contributed by atoms with van der Waals surface area (Å²) in [5.41, 5.74) is 1.10. The number of nitro benzene ring substituents is 1. The number of hydrogen-bond acceptors (Lipinski definition) is 5. The van der Waals surface area contributed by atoms with E-state index in [4.69, 9.17) is 11.6 Å². The summed E-state index contributed by atoms with van der Waals surface area (Å²) < 4.78 is 40.9. The van der Waals surface area contributed by atoms with E-state index in [1.807, 2.05) is 0 Å². The number of carbonyl (C=O) groups is 1. The molecule has 3 aromatic rings. The van der Waals surface area contributed by atoms with Gasteiger partial charge < -0.3 is 5.32 Å². The van der Waals surface area contributed by atoms with Gasteiger partial charge in [-0.1, -0.05) is 17.7 Å². The van der Waals surface area contributed by atoms with Crippen molar-refractivity contribution in [1.82, 2.24) is 0 Å². The maximum absolute atomic E-state index is 13.3. The molecule has 0 bridgehead atoms. The summed E-state index contributed by atoms with van der Waals surface area (Å²) in [5.74, 6) is -1.22. The predicted molar refractivity (Wildman–Crippen MR) is 122 cm³/mol. The molecule has 0 aromatic heterocycles. The standard InChI is InChI=1S/C22H17ClFN3O5S/c23-20-10-7-17(27(29)30)13-19(20)22(28)25-16-6-3-14-2-1-11-26(21(14)12-16)33(31,32)18-8-4-15(24)5-9-18/h3-10,12-13H,1-2,11H2,(H,25,28). The van der Waals surface area contributed by atoms with Gasteiger partial charge in [0.2, 0.25) is 0 Å². The lowest BCUT2D eigenvalue weighted by molar-refractivity contribution is -0.384. The van der Waals surface area contributed by atoms with Crippen molar-refractivity contribution in [2.75, 3.05) is 16.2 Å². The predicted octanol–water partition coefficient (Wildman–Crippen LogP) is 4.78. The van der Waals surface area contributed by atoms with Crippen molar-refractivity contribution >= 4 is 44.6 Å². The number of rotatable bonds is 5. The van der Waals surface area contributed by atoms with E-state index in [0.717, 1.165) is 23.8 Å². The molecule has 0 fully saturated rings. The summed E-state index contributed by atoms with van der Waals surface area (Å²) in [4.78, 5) is 23.1. The van der Waals surface area contributed by atoms with E-state index >= 15 is 0 Å². The molecular weight excluding hydrogens is 473 g/mol. The van der Waals surface area contributed by atoms with Crippen LogP contribution in [0.15, 0.2) is 65.6 Å². The van der Waals surface area contributed by atoms with Gasteiger partial charge in [-0.3, -0.25) is 19.2 Å². The fourth-order valence-corrected chi connectivity index (χ4v) is 5.34. The third-order valence-electron chi connectivity index (χ3n) is 5.23. The molecule has 0 saturated carbocycles. The quantitative estimate of drug-likeness (QED) is 0.409. The number of fused-ring (bicyclic) bond motifs is 1. The first kappa shape index (κ1) is 22.7. The van der Waals surface area contributed by atoms with Crippen LogP contribution in [0.1, 0.15) is 22.3 Å². The number of aryl methyl sites for hydroxylation is 1. The summed E-state index contributed by atoms with van der Waals surface area (Å²) in [6.07, 6.45) is 1.25. The van der Waals surface area contributed by atoms with Gasteiger partial charge in [0.05, 0.1) is 26.1 Å². The fourth-order valence-electron chi connectivity index (χ4n) is 3.60. The normalized spacial score (nSPS) is 13.3. The highest BCUT2D eigenvalue weighted by Crippen LogP contribution is 2.34. The Balaban J connectivity index is 1.66.